The largest absolute Gasteiger partial charge is 0.463 e. The van der Waals surface area contributed by atoms with Crippen LogP contribution in [0, 0.1) is 0 Å². The molecule has 0 aliphatic rings. The first-order valence-electron chi connectivity index (χ1n) is 8.26. The summed E-state index contributed by atoms with van der Waals surface area (Å²) >= 11 is 1.62. The molecular formula is C20H17N3O2S. The minimum atomic E-state index is -0.181. The Morgan fingerprint density at radius 3 is 2.69 bits per heavy atom. The first-order valence-corrected chi connectivity index (χ1v) is 9.14. The van der Waals surface area contributed by atoms with Gasteiger partial charge in [0.05, 0.1) is 18.0 Å². The fraction of sp³-hybridized carbons (Fsp3) is 0.100. The van der Waals surface area contributed by atoms with Gasteiger partial charge in [0.2, 0.25) is 0 Å². The topological polar surface area (TPSA) is 60.1 Å². The van der Waals surface area contributed by atoms with Crippen molar-refractivity contribution in [2.24, 2.45) is 0 Å². The predicted octanol–water partition coefficient (Wildman–Crippen LogP) is 4.68. The lowest BCUT2D eigenvalue weighted by Crippen LogP contribution is -2.28. The number of nitrogens with zero attached hydrogens (tertiary/aromatic N) is 2. The van der Waals surface area contributed by atoms with Gasteiger partial charge in [0, 0.05) is 10.9 Å². The minimum Gasteiger partial charge on any atom is -0.463 e. The first kappa shape index (κ1) is 16.4. The summed E-state index contributed by atoms with van der Waals surface area (Å²) in [6.45, 7) is 1.97. The van der Waals surface area contributed by atoms with Crippen LogP contribution in [0.2, 0.25) is 0 Å². The van der Waals surface area contributed by atoms with E-state index < -0.39 is 0 Å². The third-order valence-electron chi connectivity index (χ3n) is 4.03. The molecule has 26 heavy (non-hydrogen) atoms. The molecule has 1 atom stereocenters. The number of aromatic nitrogens is 2. The Labute approximate surface area is 154 Å². The number of furan rings is 1. The number of thiophene rings is 1. The lowest BCUT2D eigenvalue weighted by molar-refractivity contribution is 0.0932. The highest BCUT2D eigenvalue weighted by Crippen LogP contribution is 2.23. The zero-order chi connectivity index (χ0) is 17.9. The molecule has 6 heteroatoms. The molecule has 5 nitrogen and oxygen atoms in total. The molecule has 4 rings (SSSR count). The lowest BCUT2D eigenvalue weighted by atomic mass is 10.2. The fourth-order valence-corrected chi connectivity index (χ4v) is 3.47. The van der Waals surface area contributed by atoms with Crippen LogP contribution in [0.15, 0.2) is 76.7 Å². The third-order valence-corrected chi connectivity index (χ3v) is 5.09. The second kappa shape index (κ2) is 7.01. The zero-order valence-corrected chi connectivity index (χ0v) is 14.9. The maximum atomic E-state index is 12.9. The average molecular weight is 363 g/mol. The van der Waals surface area contributed by atoms with Crippen molar-refractivity contribution >= 4 is 17.2 Å². The lowest BCUT2D eigenvalue weighted by Gasteiger charge is -2.13. The second-order valence-corrected chi connectivity index (χ2v) is 6.83. The molecule has 1 aromatic carbocycles. The van der Waals surface area contributed by atoms with E-state index in [1.165, 1.54) is 0 Å². The maximum absolute atomic E-state index is 12.9. The van der Waals surface area contributed by atoms with Crippen molar-refractivity contribution in [3.05, 3.63) is 82.9 Å². The molecular weight excluding hydrogens is 346 g/mol. The molecule has 0 aliphatic heterocycles. The van der Waals surface area contributed by atoms with Crippen LogP contribution in [0.3, 0.4) is 0 Å². The van der Waals surface area contributed by atoms with E-state index in [4.69, 9.17) is 4.42 Å². The number of benzene rings is 1. The van der Waals surface area contributed by atoms with Crippen molar-refractivity contribution in [2.75, 3.05) is 0 Å². The van der Waals surface area contributed by atoms with Crippen molar-refractivity contribution in [1.29, 1.82) is 0 Å². The summed E-state index contributed by atoms with van der Waals surface area (Å²) in [5, 5.41) is 9.63. The Bertz CT molecular complexity index is 989. The SMILES string of the molecule is CC(NC(=O)c1cc(-c2ccco2)nn1-c1ccccc1)c1cccs1. The highest BCUT2D eigenvalue weighted by Gasteiger charge is 2.20. The van der Waals surface area contributed by atoms with Crippen LogP contribution in [0.25, 0.3) is 17.1 Å². The van der Waals surface area contributed by atoms with Gasteiger partial charge >= 0.3 is 0 Å². The van der Waals surface area contributed by atoms with Gasteiger partial charge in [0.25, 0.3) is 5.91 Å². The quantitative estimate of drug-likeness (QED) is 0.560. The van der Waals surface area contributed by atoms with E-state index in [2.05, 4.69) is 10.4 Å². The number of hydrogen-bond acceptors (Lipinski definition) is 4. The molecule has 1 N–H and O–H groups in total. The van der Waals surface area contributed by atoms with Gasteiger partial charge in [-0.3, -0.25) is 4.79 Å². The Hall–Kier alpha value is -3.12. The maximum Gasteiger partial charge on any atom is 0.270 e. The molecule has 130 valence electrons. The second-order valence-electron chi connectivity index (χ2n) is 5.85. The van der Waals surface area contributed by atoms with E-state index in [1.807, 2.05) is 60.8 Å². The number of nitrogens with one attached hydrogen (secondary N) is 1. The molecule has 0 radical (unpaired) electrons. The van der Waals surface area contributed by atoms with Crippen LogP contribution in [0.4, 0.5) is 0 Å². The smallest absolute Gasteiger partial charge is 0.270 e. The first-order chi connectivity index (χ1) is 12.7. The van der Waals surface area contributed by atoms with E-state index in [0.717, 1.165) is 10.6 Å². The molecule has 3 heterocycles. The Morgan fingerprint density at radius 2 is 2.00 bits per heavy atom. The molecule has 0 bridgehead atoms. The molecule has 0 saturated heterocycles. The summed E-state index contributed by atoms with van der Waals surface area (Å²) in [5.41, 5.74) is 1.90. The average Bonchev–Trinajstić information content (AvgIpc) is 3.43. The summed E-state index contributed by atoms with van der Waals surface area (Å²) in [4.78, 5) is 14.0. The summed E-state index contributed by atoms with van der Waals surface area (Å²) in [6, 6.07) is 18.9. The fourth-order valence-electron chi connectivity index (χ4n) is 2.73. The van der Waals surface area contributed by atoms with Gasteiger partial charge in [0.15, 0.2) is 5.76 Å². The Kier molecular flexibility index (Phi) is 4.41. The molecule has 4 aromatic rings. The summed E-state index contributed by atoms with van der Waals surface area (Å²) in [6.07, 6.45) is 1.59. The normalized spacial score (nSPS) is 12.0. The van der Waals surface area contributed by atoms with Gasteiger partial charge in [-0.15, -0.1) is 11.3 Å². The standard InChI is InChI=1S/C20H17N3O2S/c1-14(19-10-6-12-26-19)21-20(24)17-13-16(18-9-5-11-25-18)22-23(17)15-7-3-2-4-8-15/h2-14H,1H3,(H,21,24). The molecule has 0 saturated carbocycles. The minimum absolute atomic E-state index is 0.0753. The monoisotopic (exact) mass is 363 g/mol. The van der Waals surface area contributed by atoms with E-state index in [0.29, 0.717) is 17.1 Å². The van der Waals surface area contributed by atoms with Crippen LogP contribution >= 0.6 is 11.3 Å². The van der Waals surface area contributed by atoms with Crippen molar-refractivity contribution in [3.8, 4) is 17.1 Å². The van der Waals surface area contributed by atoms with Gasteiger partial charge in [-0.05, 0) is 42.6 Å². The van der Waals surface area contributed by atoms with E-state index in [1.54, 1.807) is 34.4 Å². The number of carbonyl (C=O) groups excluding carboxylic acids is 1. The number of carbonyl (C=O) groups is 1. The van der Waals surface area contributed by atoms with E-state index >= 15 is 0 Å². The molecule has 0 fully saturated rings. The van der Waals surface area contributed by atoms with Crippen LogP contribution in [0.5, 0.6) is 0 Å². The predicted molar refractivity (Wildman–Crippen MR) is 101 cm³/mol. The van der Waals surface area contributed by atoms with Gasteiger partial charge in [0.1, 0.15) is 11.4 Å². The van der Waals surface area contributed by atoms with Crippen LogP contribution in [0.1, 0.15) is 28.3 Å². The molecule has 0 aliphatic carbocycles. The van der Waals surface area contributed by atoms with Crippen molar-refractivity contribution in [2.45, 2.75) is 13.0 Å². The van der Waals surface area contributed by atoms with E-state index in [9.17, 15) is 4.79 Å². The van der Waals surface area contributed by atoms with Crippen LogP contribution in [-0.2, 0) is 0 Å². The van der Waals surface area contributed by atoms with Crippen molar-refractivity contribution < 1.29 is 9.21 Å². The van der Waals surface area contributed by atoms with Crippen LogP contribution < -0.4 is 5.32 Å². The van der Waals surface area contributed by atoms with Crippen molar-refractivity contribution in [1.82, 2.24) is 15.1 Å². The third kappa shape index (κ3) is 3.19. The molecule has 1 unspecified atom stereocenters. The number of hydrogen-bond donors (Lipinski definition) is 1. The molecule has 1 amide bonds. The van der Waals surface area contributed by atoms with Crippen LogP contribution in [-0.4, -0.2) is 15.7 Å². The highest BCUT2D eigenvalue weighted by molar-refractivity contribution is 7.10. The Morgan fingerprint density at radius 1 is 1.15 bits per heavy atom. The molecule has 0 spiro atoms. The highest BCUT2D eigenvalue weighted by atomic mass is 32.1. The number of para-hydroxylation sites is 1. The summed E-state index contributed by atoms with van der Waals surface area (Å²) in [7, 11) is 0. The number of amides is 1. The molecule has 3 aromatic heterocycles. The number of rotatable bonds is 5. The summed E-state index contributed by atoms with van der Waals surface area (Å²) < 4.78 is 7.08. The zero-order valence-electron chi connectivity index (χ0n) is 14.1. The Balaban J connectivity index is 1.70. The van der Waals surface area contributed by atoms with Crippen molar-refractivity contribution in [3.63, 3.8) is 0 Å². The van der Waals surface area contributed by atoms with Gasteiger partial charge in [-0.1, -0.05) is 24.3 Å². The van der Waals surface area contributed by atoms with Gasteiger partial charge in [-0.2, -0.15) is 5.10 Å². The van der Waals surface area contributed by atoms with E-state index in [-0.39, 0.29) is 11.9 Å². The summed E-state index contributed by atoms with van der Waals surface area (Å²) in [5.74, 6) is 0.445. The van der Waals surface area contributed by atoms with Gasteiger partial charge < -0.3 is 9.73 Å². The van der Waals surface area contributed by atoms with Gasteiger partial charge in [-0.25, -0.2) is 4.68 Å².